The summed E-state index contributed by atoms with van der Waals surface area (Å²) in [7, 11) is 0. The molecule has 0 amide bonds. The van der Waals surface area contributed by atoms with Crippen molar-refractivity contribution in [3.63, 3.8) is 0 Å². The summed E-state index contributed by atoms with van der Waals surface area (Å²) in [5, 5.41) is 5.41. The third-order valence-corrected chi connectivity index (χ3v) is 1.86. The van der Waals surface area contributed by atoms with Gasteiger partial charge < -0.3 is 5.32 Å². The Morgan fingerprint density at radius 2 is 2.09 bits per heavy atom. The first-order valence-electron chi connectivity index (χ1n) is 4.25. The first-order chi connectivity index (χ1) is 4.97. The molecule has 1 unspecified atom stereocenters. The number of rotatable bonds is 1. The third kappa shape index (κ3) is 3.18. The minimum atomic E-state index is 0.218. The molecule has 0 aromatic heterocycles. The molecule has 11 heavy (non-hydrogen) atoms. The van der Waals surface area contributed by atoms with Gasteiger partial charge in [0.1, 0.15) is 0 Å². The highest BCUT2D eigenvalue weighted by molar-refractivity contribution is 4.83. The van der Waals surface area contributed by atoms with Gasteiger partial charge in [-0.1, -0.05) is 0 Å². The molecule has 0 radical (unpaired) electrons. The van der Waals surface area contributed by atoms with Crippen LogP contribution in [0.5, 0.6) is 0 Å². The molecule has 3 heteroatoms. The van der Waals surface area contributed by atoms with Crippen LogP contribution in [0.25, 0.3) is 0 Å². The minimum absolute atomic E-state index is 0.218. The highest BCUT2D eigenvalue weighted by atomic mass is 15.4. The van der Waals surface area contributed by atoms with E-state index in [2.05, 4.69) is 26.1 Å². The molecule has 1 aliphatic rings. The monoisotopic (exact) mass is 157 g/mol. The van der Waals surface area contributed by atoms with Gasteiger partial charge in [0, 0.05) is 24.7 Å². The lowest BCUT2D eigenvalue weighted by atomic mass is 10.1. The summed E-state index contributed by atoms with van der Waals surface area (Å²) >= 11 is 0. The van der Waals surface area contributed by atoms with Crippen LogP contribution < -0.4 is 11.2 Å². The van der Waals surface area contributed by atoms with Crippen LogP contribution in [0.4, 0.5) is 0 Å². The fourth-order valence-electron chi connectivity index (χ4n) is 1.52. The van der Waals surface area contributed by atoms with E-state index >= 15 is 0 Å². The second kappa shape index (κ2) is 3.09. The van der Waals surface area contributed by atoms with Gasteiger partial charge in [-0.05, 0) is 27.2 Å². The van der Waals surface area contributed by atoms with Crippen molar-refractivity contribution in [3.05, 3.63) is 0 Å². The van der Waals surface area contributed by atoms with E-state index in [0.717, 1.165) is 13.1 Å². The molecule has 1 atom stereocenters. The molecule has 1 saturated heterocycles. The van der Waals surface area contributed by atoms with Crippen LogP contribution in [0.1, 0.15) is 27.2 Å². The number of hydrazine groups is 1. The SMILES string of the molecule is CC(C)(C)NC1CCN(N)C1. The number of nitrogens with zero attached hydrogens (tertiary/aromatic N) is 1. The molecule has 1 aliphatic heterocycles. The van der Waals surface area contributed by atoms with Crippen molar-refractivity contribution in [1.29, 1.82) is 0 Å². The average molecular weight is 157 g/mol. The summed E-state index contributed by atoms with van der Waals surface area (Å²) in [5.41, 5.74) is 0.218. The van der Waals surface area contributed by atoms with E-state index in [1.54, 1.807) is 0 Å². The predicted molar refractivity (Wildman–Crippen MR) is 47.1 cm³/mol. The van der Waals surface area contributed by atoms with Crippen LogP contribution >= 0.6 is 0 Å². The van der Waals surface area contributed by atoms with E-state index in [9.17, 15) is 0 Å². The second-order valence-corrected chi connectivity index (χ2v) is 4.37. The van der Waals surface area contributed by atoms with E-state index in [0.29, 0.717) is 6.04 Å². The van der Waals surface area contributed by atoms with Gasteiger partial charge in [0.2, 0.25) is 0 Å². The van der Waals surface area contributed by atoms with Gasteiger partial charge in [0.15, 0.2) is 0 Å². The molecule has 66 valence electrons. The lowest BCUT2D eigenvalue weighted by molar-refractivity contribution is 0.316. The summed E-state index contributed by atoms with van der Waals surface area (Å²) in [6.45, 7) is 8.57. The lowest BCUT2D eigenvalue weighted by Crippen LogP contribution is -2.45. The maximum absolute atomic E-state index is 5.64. The van der Waals surface area contributed by atoms with Crippen LogP contribution in [-0.2, 0) is 0 Å². The zero-order valence-electron chi connectivity index (χ0n) is 7.72. The Balaban J connectivity index is 2.29. The van der Waals surface area contributed by atoms with Crippen molar-refractivity contribution in [2.45, 2.75) is 38.8 Å². The van der Waals surface area contributed by atoms with Crippen LogP contribution in [0.15, 0.2) is 0 Å². The van der Waals surface area contributed by atoms with Gasteiger partial charge >= 0.3 is 0 Å². The Bertz CT molecular complexity index is 128. The van der Waals surface area contributed by atoms with Crippen molar-refractivity contribution in [1.82, 2.24) is 10.3 Å². The van der Waals surface area contributed by atoms with Crippen molar-refractivity contribution in [2.24, 2.45) is 5.84 Å². The molecule has 1 fully saturated rings. The Hall–Kier alpha value is -0.120. The summed E-state index contributed by atoms with van der Waals surface area (Å²) in [5.74, 6) is 5.64. The van der Waals surface area contributed by atoms with E-state index in [1.165, 1.54) is 6.42 Å². The molecular formula is C8H19N3. The molecule has 3 N–H and O–H groups in total. The highest BCUT2D eigenvalue weighted by Gasteiger charge is 2.23. The van der Waals surface area contributed by atoms with E-state index < -0.39 is 0 Å². The second-order valence-electron chi connectivity index (χ2n) is 4.37. The van der Waals surface area contributed by atoms with Crippen molar-refractivity contribution < 1.29 is 0 Å². The van der Waals surface area contributed by atoms with Crippen molar-refractivity contribution in [3.8, 4) is 0 Å². The van der Waals surface area contributed by atoms with E-state index in [-0.39, 0.29) is 5.54 Å². The zero-order chi connectivity index (χ0) is 8.48. The van der Waals surface area contributed by atoms with Gasteiger partial charge in [0.05, 0.1) is 0 Å². The molecule has 0 aromatic rings. The minimum Gasteiger partial charge on any atom is -0.308 e. The largest absolute Gasteiger partial charge is 0.308 e. The van der Waals surface area contributed by atoms with Gasteiger partial charge in [-0.25, -0.2) is 5.01 Å². The molecule has 0 aromatic carbocycles. The first kappa shape index (κ1) is 8.97. The fourth-order valence-corrected chi connectivity index (χ4v) is 1.52. The summed E-state index contributed by atoms with van der Waals surface area (Å²) in [6.07, 6.45) is 1.17. The Morgan fingerprint density at radius 3 is 2.45 bits per heavy atom. The zero-order valence-corrected chi connectivity index (χ0v) is 7.72. The van der Waals surface area contributed by atoms with Gasteiger partial charge in [-0.3, -0.25) is 5.84 Å². The lowest BCUT2D eigenvalue weighted by Gasteiger charge is -2.25. The maximum Gasteiger partial charge on any atom is 0.0283 e. The molecule has 0 saturated carbocycles. The van der Waals surface area contributed by atoms with E-state index in [1.807, 2.05) is 5.01 Å². The van der Waals surface area contributed by atoms with Crippen molar-refractivity contribution in [2.75, 3.05) is 13.1 Å². The molecule has 0 bridgehead atoms. The quantitative estimate of drug-likeness (QED) is 0.539. The predicted octanol–water partition coefficient (Wildman–Crippen LogP) is 0.323. The first-order valence-corrected chi connectivity index (χ1v) is 4.25. The van der Waals surface area contributed by atoms with Gasteiger partial charge in [-0.15, -0.1) is 0 Å². The van der Waals surface area contributed by atoms with Crippen LogP contribution in [0.2, 0.25) is 0 Å². The van der Waals surface area contributed by atoms with Crippen LogP contribution in [0, 0.1) is 0 Å². The third-order valence-electron chi connectivity index (χ3n) is 1.86. The van der Waals surface area contributed by atoms with Gasteiger partial charge in [0.25, 0.3) is 0 Å². The average Bonchev–Trinajstić information content (AvgIpc) is 2.10. The maximum atomic E-state index is 5.64. The standard InChI is InChI=1S/C8H19N3/c1-8(2,3)10-7-4-5-11(9)6-7/h7,10H,4-6,9H2,1-3H3. The van der Waals surface area contributed by atoms with Crippen LogP contribution in [-0.4, -0.2) is 29.7 Å². The number of nitrogens with two attached hydrogens (primary N) is 1. The normalized spacial score (nSPS) is 27.8. The number of nitrogens with one attached hydrogen (secondary N) is 1. The fraction of sp³-hybridized carbons (Fsp3) is 1.00. The summed E-state index contributed by atoms with van der Waals surface area (Å²) < 4.78 is 0. The Kier molecular flexibility index (Phi) is 2.52. The Morgan fingerprint density at radius 1 is 1.45 bits per heavy atom. The molecule has 0 spiro atoms. The molecule has 3 nitrogen and oxygen atoms in total. The number of hydrogen-bond acceptors (Lipinski definition) is 3. The molecule has 0 aliphatic carbocycles. The summed E-state index contributed by atoms with van der Waals surface area (Å²) in [6, 6.07) is 0.583. The molecule has 1 rings (SSSR count). The van der Waals surface area contributed by atoms with E-state index in [4.69, 9.17) is 5.84 Å². The molecule has 1 heterocycles. The Labute approximate surface area is 68.9 Å². The highest BCUT2D eigenvalue weighted by Crippen LogP contribution is 2.09. The topological polar surface area (TPSA) is 41.3 Å². The van der Waals surface area contributed by atoms with Crippen molar-refractivity contribution >= 4 is 0 Å². The van der Waals surface area contributed by atoms with Crippen LogP contribution in [0.3, 0.4) is 0 Å². The smallest absolute Gasteiger partial charge is 0.0283 e. The van der Waals surface area contributed by atoms with Gasteiger partial charge in [-0.2, -0.15) is 0 Å². The summed E-state index contributed by atoms with van der Waals surface area (Å²) in [4.78, 5) is 0. The molecular weight excluding hydrogens is 138 g/mol. The number of hydrogen-bond donors (Lipinski definition) is 2.